The fourth-order valence-corrected chi connectivity index (χ4v) is 6.01. The number of benzene rings is 3. The maximum atomic E-state index is 12.0. The molecule has 0 aliphatic carbocycles. The van der Waals surface area contributed by atoms with Crippen LogP contribution in [-0.4, -0.2) is 139 Å². The van der Waals surface area contributed by atoms with Crippen molar-refractivity contribution in [3.8, 4) is 11.4 Å². The van der Waals surface area contributed by atoms with Crippen LogP contribution >= 0.6 is 0 Å². The van der Waals surface area contributed by atoms with Crippen molar-refractivity contribution in [3.63, 3.8) is 0 Å². The number of carboxylic acid groups (broad SMARTS) is 4. The number of H-pyrrole nitrogens is 2. The van der Waals surface area contributed by atoms with Gasteiger partial charge >= 0.3 is 49.9 Å². The Kier molecular flexibility index (Phi) is 46.8. The molecule has 0 spiro atoms. The predicted octanol–water partition coefficient (Wildman–Crippen LogP) is 2.32. The minimum atomic E-state index is -1.37. The number of carbonyl (C=O) groups excluding carboxylic acids is 2. The first-order valence-electron chi connectivity index (χ1n) is 24.4. The summed E-state index contributed by atoms with van der Waals surface area (Å²) in [5, 5.41) is 68.5. The number of aromatic amines is 2. The first-order chi connectivity index (χ1) is 38.4. The van der Waals surface area contributed by atoms with E-state index in [9.17, 15) is 38.4 Å². The minimum absolute atomic E-state index is 0. The largest absolute Gasteiger partial charge is 1.00 e. The fraction of sp³-hybridized carbons (Fsp3) is 0.322. The van der Waals surface area contributed by atoms with Crippen molar-refractivity contribution in [1.82, 2.24) is 40.0 Å². The molecule has 0 bridgehead atoms. The van der Waals surface area contributed by atoms with Gasteiger partial charge in [-0.2, -0.15) is 29.8 Å². The Balaban J connectivity index is -0.000000186. The predicted molar refractivity (Wildman–Crippen MR) is 331 cm³/mol. The Morgan fingerprint density at radius 3 is 0.989 bits per heavy atom. The second-order valence-electron chi connectivity index (χ2n) is 20.1. The van der Waals surface area contributed by atoms with E-state index in [4.69, 9.17) is 40.1 Å². The molecule has 31 heteroatoms. The van der Waals surface area contributed by atoms with Crippen molar-refractivity contribution >= 4 is 48.4 Å². The quantitative estimate of drug-likeness (QED) is 0.0838. The number of carboxylic acids is 4. The third kappa shape index (κ3) is 35.1. The van der Waals surface area contributed by atoms with Crippen molar-refractivity contribution in [2.24, 2.45) is 0 Å². The molecular formula is C59H82BCuLiN8O20. The van der Waals surface area contributed by atoms with Crippen LogP contribution < -0.4 is 46.6 Å². The molecule has 0 aliphatic rings. The van der Waals surface area contributed by atoms with Crippen LogP contribution in [0.2, 0.25) is 0 Å². The van der Waals surface area contributed by atoms with E-state index < -0.39 is 59.6 Å². The number of aromatic nitrogens is 8. The zero-order valence-electron chi connectivity index (χ0n) is 50.1. The van der Waals surface area contributed by atoms with Gasteiger partial charge in [0, 0.05) is 55.2 Å². The number of aliphatic carboxylic acids is 2. The Morgan fingerprint density at radius 2 is 0.733 bits per heavy atom. The summed E-state index contributed by atoms with van der Waals surface area (Å²) in [6, 6.07) is 26.8. The second kappa shape index (κ2) is 44.5. The molecule has 0 saturated carbocycles. The standard InChI is InChI=1S/C16H18N2O3.C15H16N2O3.C10H15BO2.C6H6N2O3.C5H4N2O3.2C2H4O2.3CH4.Cu.Li.2H2O/c1-16(2,3)12-5-7-13(8-6-12)18-14(19)9-11(10-17-18)15(20)21-4;1-15(2,3)11-4-6-12(7-5-11)17-13(18)8-10(9-16-17)14(19)20;1-10(2,3)8-4-6-9(7-5-8)11(12)13;1-11-6(10)4-2-5(9)8-7-3-4;8-4-1-3(5(9)10)2-6-7-4;2*1-2(3)4;;;;;;;/h5-10H,1-4H3;4-9H,1-3H3,(H,19,20);4-7,12-13H,1-3H3;2-3H,1H3,(H,8,9);1-2H,(H,7,8)(H,9,10);2*1H3,(H,3,4);3*1H4;;;2*1H2/q;;;;;;;;;;;+1;;/p-1. The molecular weight excluding hydrogens is 1220 g/mol. The summed E-state index contributed by atoms with van der Waals surface area (Å²) in [7, 11) is 1.14. The van der Waals surface area contributed by atoms with Crippen LogP contribution in [0.5, 0.6) is 0 Å². The molecule has 0 atom stereocenters. The van der Waals surface area contributed by atoms with Gasteiger partial charge in [0.15, 0.2) is 0 Å². The van der Waals surface area contributed by atoms with Crippen molar-refractivity contribution in [2.75, 3.05) is 14.2 Å². The average Bonchev–Trinajstić information content (AvgIpc) is 3.62. The molecule has 0 saturated heterocycles. The number of nitrogens with one attached hydrogen (secondary N) is 2. The van der Waals surface area contributed by atoms with E-state index in [1.807, 2.05) is 48.5 Å². The first kappa shape index (κ1) is 94.7. The Morgan fingerprint density at radius 1 is 0.478 bits per heavy atom. The maximum absolute atomic E-state index is 12.0. The van der Waals surface area contributed by atoms with Crippen molar-refractivity contribution < 1.29 is 116 Å². The number of rotatable bonds is 7. The first-order valence-corrected chi connectivity index (χ1v) is 24.4. The number of carbonyl (C=O) groups is 6. The Hall–Kier alpha value is -8.98. The summed E-state index contributed by atoms with van der Waals surface area (Å²) in [6.45, 7) is 21.2. The molecule has 28 nitrogen and oxygen atoms in total. The number of esters is 2. The number of nitrogens with zero attached hydrogens (tertiary/aromatic N) is 6. The molecule has 0 amide bonds. The summed E-state index contributed by atoms with van der Waals surface area (Å²) in [5.74, 6) is -5.12. The maximum Gasteiger partial charge on any atom is 1.00 e. The van der Waals surface area contributed by atoms with E-state index >= 15 is 0 Å². The molecule has 0 fully saturated rings. The smallest absolute Gasteiger partial charge is 0.870 e. The van der Waals surface area contributed by atoms with Crippen LogP contribution in [0.15, 0.2) is 141 Å². The van der Waals surface area contributed by atoms with Gasteiger partial charge in [0.05, 0.1) is 72.6 Å². The zero-order chi connectivity index (χ0) is 63.6. The molecule has 90 heavy (non-hydrogen) atoms. The van der Waals surface area contributed by atoms with Gasteiger partial charge < -0.3 is 50.9 Å². The third-order valence-corrected chi connectivity index (χ3v) is 10.3. The van der Waals surface area contributed by atoms with E-state index in [1.165, 1.54) is 59.4 Å². The number of hydrogen-bond acceptors (Lipinski definition) is 19. The zero-order valence-corrected chi connectivity index (χ0v) is 51.1. The van der Waals surface area contributed by atoms with Crippen LogP contribution in [0.4, 0.5) is 0 Å². The van der Waals surface area contributed by atoms with Crippen molar-refractivity contribution in [1.29, 1.82) is 0 Å². The van der Waals surface area contributed by atoms with Crippen LogP contribution in [0.3, 0.4) is 0 Å². The topological polar surface area (TPSA) is 465 Å². The van der Waals surface area contributed by atoms with Crippen LogP contribution in [0, 0.1) is 0 Å². The summed E-state index contributed by atoms with van der Waals surface area (Å²) in [6.07, 6.45) is 4.79. The molecule has 11 N–H and O–H groups in total. The SMILES string of the molecule is C.C.C.CC(=O)O.CC(=O)O.CC(C)(C)c1ccc(-n2ncc(C(=O)O)cc2=O)cc1.CC(C)(C)c1ccc(B(O)O)cc1.COC(=O)c1cn[nH]c(=O)c1.COC(=O)c1cnn(-c2ccc(C(C)(C)C)cc2)c(=O)c1.O.O=C(O)c1cn[nH]c(=O)c1.[Cu].[Li+].[OH-]. The summed E-state index contributed by atoms with van der Waals surface area (Å²) >= 11 is 0. The van der Waals surface area contributed by atoms with Crippen molar-refractivity contribution in [3.05, 3.63) is 202 Å². The van der Waals surface area contributed by atoms with Gasteiger partial charge in [-0.1, -0.05) is 133 Å². The molecule has 7 aromatic rings. The summed E-state index contributed by atoms with van der Waals surface area (Å²) in [4.78, 5) is 106. The van der Waals surface area contributed by atoms with Gasteiger partial charge in [0.2, 0.25) is 0 Å². The Labute approximate surface area is 543 Å². The molecule has 4 heterocycles. The number of hydrogen-bond donors (Lipinski definition) is 8. The monoisotopic (exact) mass is 1300 g/mol. The normalized spacial score (nSPS) is 9.50. The van der Waals surface area contributed by atoms with Gasteiger partial charge in [-0.05, 0) is 62.7 Å². The van der Waals surface area contributed by atoms with Crippen LogP contribution in [0.1, 0.15) is 157 Å². The molecule has 7 rings (SSSR count). The molecule has 0 unspecified atom stereocenters. The van der Waals surface area contributed by atoms with Gasteiger partial charge in [0.1, 0.15) is 0 Å². The summed E-state index contributed by atoms with van der Waals surface area (Å²) < 4.78 is 11.4. The molecule has 0 aliphatic heterocycles. The van der Waals surface area contributed by atoms with E-state index in [-0.39, 0.29) is 113 Å². The number of aromatic carboxylic acids is 2. The van der Waals surface area contributed by atoms with E-state index in [0.29, 0.717) is 16.8 Å². The van der Waals surface area contributed by atoms with Crippen LogP contribution in [0.25, 0.3) is 11.4 Å². The van der Waals surface area contributed by atoms with E-state index in [2.05, 4.69) is 102 Å². The van der Waals surface area contributed by atoms with Gasteiger partial charge in [-0.25, -0.2) is 29.4 Å². The second-order valence-corrected chi connectivity index (χ2v) is 20.1. The van der Waals surface area contributed by atoms with E-state index in [0.717, 1.165) is 43.8 Å². The molecule has 1 radical (unpaired) electrons. The number of methoxy groups -OCH3 is 2. The third-order valence-electron chi connectivity index (χ3n) is 10.3. The van der Waals surface area contributed by atoms with Gasteiger partial charge in [-0.15, -0.1) is 0 Å². The number of ether oxygens (including phenoxy) is 2. The van der Waals surface area contributed by atoms with Crippen LogP contribution in [-0.2, 0) is 52.4 Å². The van der Waals surface area contributed by atoms with Crippen molar-refractivity contribution in [2.45, 2.75) is 115 Å². The van der Waals surface area contributed by atoms with Gasteiger partial charge in [-0.3, -0.25) is 28.8 Å². The molecule has 4 aromatic heterocycles. The Bertz CT molecular complexity index is 3520. The van der Waals surface area contributed by atoms with Gasteiger partial charge in [0.25, 0.3) is 34.2 Å². The summed E-state index contributed by atoms with van der Waals surface area (Å²) in [5.41, 5.74) is 3.80. The molecule has 493 valence electrons. The molecule has 3 aromatic carbocycles. The fourth-order valence-electron chi connectivity index (χ4n) is 6.01. The average molecular weight is 1300 g/mol. The van der Waals surface area contributed by atoms with E-state index in [1.54, 1.807) is 24.3 Å². The minimum Gasteiger partial charge on any atom is -0.870 e.